The molecular formula is C11H12ClN3O2. The van der Waals surface area contributed by atoms with Crippen molar-refractivity contribution in [1.82, 2.24) is 14.5 Å². The number of hydrogen-bond donors (Lipinski definition) is 1. The number of hydrogen-bond acceptors (Lipinski definition) is 3. The second-order valence-electron chi connectivity index (χ2n) is 4.76. The van der Waals surface area contributed by atoms with Crippen molar-refractivity contribution >= 4 is 17.6 Å². The Bertz CT molecular complexity index is 557. The highest BCUT2D eigenvalue weighted by Crippen LogP contribution is 2.31. The van der Waals surface area contributed by atoms with Crippen LogP contribution in [0.4, 0.5) is 0 Å². The summed E-state index contributed by atoms with van der Waals surface area (Å²) in [5.41, 5.74) is 0.293. The number of aromatic carboxylic acids is 1. The third kappa shape index (κ3) is 1.98. The number of halogens is 1. The van der Waals surface area contributed by atoms with Gasteiger partial charge in [0.05, 0.1) is 11.9 Å². The predicted octanol–water partition coefficient (Wildman–Crippen LogP) is 2.49. The second kappa shape index (κ2) is 3.70. The lowest BCUT2D eigenvalue weighted by atomic mass is 10.1. The summed E-state index contributed by atoms with van der Waals surface area (Å²) in [6.07, 6.45) is 1.57. The summed E-state index contributed by atoms with van der Waals surface area (Å²) in [4.78, 5) is 19.0. The Morgan fingerprint density at radius 3 is 2.65 bits per heavy atom. The highest BCUT2D eigenvalue weighted by atomic mass is 35.5. The molecule has 0 atom stereocenters. The molecule has 2 rings (SSSR count). The number of carbonyl (C=O) groups is 1. The maximum Gasteiger partial charge on any atom is 0.354 e. The van der Waals surface area contributed by atoms with Gasteiger partial charge in [0.2, 0.25) is 0 Å². The van der Waals surface area contributed by atoms with E-state index in [4.69, 9.17) is 16.7 Å². The first-order valence-electron chi connectivity index (χ1n) is 5.08. The van der Waals surface area contributed by atoms with Crippen molar-refractivity contribution in [2.75, 3.05) is 0 Å². The van der Waals surface area contributed by atoms with E-state index >= 15 is 0 Å². The molecule has 2 heterocycles. The fourth-order valence-corrected chi connectivity index (χ4v) is 1.76. The molecule has 0 radical (unpaired) electrons. The maximum atomic E-state index is 10.9. The van der Waals surface area contributed by atoms with Crippen molar-refractivity contribution in [3.05, 3.63) is 23.2 Å². The third-order valence-electron chi connectivity index (χ3n) is 2.43. The highest BCUT2D eigenvalue weighted by Gasteiger charge is 2.24. The molecule has 0 saturated carbocycles. The minimum absolute atomic E-state index is 0.0205. The van der Waals surface area contributed by atoms with Gasteiger partial charge in [0.25, 0.3) is 0 Å². The first-order valence-corrected chi connectivity index (χ1v) is 5.46. The van der Waals surface area contributed by atoms with Gasteiger partial charge < -0.3 is 9.67 Å². The largest absolute Gasteiger partial charge is 0.477 e. The summed E-state index contributed by atoms with van der Waals surface area (Å²) in [5.74, 6) is -0.535. The zero-order valence-electron chi connectivity index (χ0n) is 9.73. The fraction of sp³-hybridized carbons (Fsp3) is 0.364. The second-order valence-corrected chi connectivity index (χ2v) is 5.12. The SMILES string of the molecule is CC(C)(C)n1cnc(Cl)c2cc(C(=O)O)nc1-2. The van der Waals surface area contributed by atoms with Crippen LogP contribution in [0.15, 0.2) is 12.4 Å². The lowest BCUT2D eigenvalue weighted by Crippen LogP contribution is -2.24. The summed E-state index contributed by atoms with van der Waals surface area (Å²) in [7, 11) is 0. The first kappa shape index (κ1) is 11.9. The topological polar surface area (TPSA) is 68.0 Å². The van der Waals surface area contributed by atoms with Gasteiger partial charge in [0, 0.05) is 5.54 Å². The van der Waals surface area contributed by atoms with Gasteiger partial charge in [-0.3, -0.25) is 0 Å². The minimum Gasteiger partial charge on any atom is -0.477 e. The molecule has 2 aliphatic heterocycles. The quantitative estimate of drug-likeness (QED) is 0.793. The van der Waals surface area contributed by atoms with E-state index in [-0.39, 0.29) is 16.4 Å². The third-order valence-corrected chi connectivity index (χ3v) is 2.73. The van der Waals surface area contributed by atoms with Gasteiger partial charge in [-0.2, -0.15) is 0 Å². The number of carboxylic acid groups (broad SMARTS) is 1. The van der Waals surface area contributed by atoms with Crippen LogP contribution in [0.3, 0.4) is 0 Å². The molecule has 17 heavy (non-hydrogen) atoms. The van der Waals surface area contributed by atoms with E-state index in [0.29, 0.717) is 11.4 Å². The average molecular weight is 254 g/mol. The Balaban J connectivity index is 2.74. The van der Waals surface area contributed by atoms with Crippen molar-refractivity contribution < 1.29 is 9.90 Å². The van der Waals surface area contributed by atoms with Crippen LogP contribution in [0.5, 0.6) is 0 Å². The molecule has 1 N–H and O–H groups in total. The van der Waals surface area contributed by atoms with E-state index in [2.05, 4.69) is 9.97 Å². The van der Waals surface area contributed by atoms with Crippen LogP contribution in [0.1, 0.15) is 31.3 Å². The number of nitrogens with zero attached hydrogens (tertiary/aromatic N) is 3. The van der Waals surface area contributed by atoms with Crippen molar-refractivity contribution in [3.63, 3.8) is 0 Å². The molecule has 90 valence electrons. The molecule has 2 aliphatic rings. The van der Waals surface area contributed by atoms with E-state index in [1.807, 2.05) is 20.8 Å². The monoisotopic (exact) mass is 253 g/mol. The first-order chi connectivity index (χ1) is 7.80. The fourth-order valence-electron chi connectivity index (χ4n) is 1.58. The van der Waals surface area contributed by atoms with E-state index in [1.54, 1.807) is 10.9 Å². The van der Waals surface area contributed by atoms with Crippen molar-refractivity contribution in [2.24, 2.45) is 0 Å². The summed E-state index contributed by atoms with van der Waals surface area (Å²) in [6.45, 7) is 5.95. The van der Waals surface area contributed by atoms with Gasteiger partial charge in [-0.1, -0.05) is 11.6 Å². The molecule has 6 heteroatoms. The minimum atomic E-state index is -1.07. The van der Waals surface area contributed by atoms with E-state index in [0.717, 1.165) is 0 Å². The zero-order valence-corrected chi connectivity index (χ0v) is 10.5. The van der Waals surface area contributed by atoms with Crippen LogP contribution in [0.25, 0.3) is 11.4 Å². The maximum absolute atomic E-state index is 10.9. The van der Waals surface area contributed by atoms with Gasteiger partial charge >= 0.3 is 5.97 Å². The normalized spacial score (nSPS) is 12.0. The Morgan fingerprint density at radius 1 is 1.47 bits per heavy atom. The van der Waals surface area contributed by atoms with Gasteiger partial charge in [-0.25, -0.2) is 14.8 Å². The van der Waals surface area contributed by atoms with Crippen LogP contribution in [-0.2, 0) is 5.54 Å². The zero-order chi connectivity index (χ0) is 12.8. The predicted molar refractivity (Wildman–Crippen MR) is 63.6 cm³/mol. The molecule has 0 aromatic heterocycles. The Hall–Kier alpha value is -1.62. The molecule has 5 nitrogen and oxygen atoms in total. The summed E-state index contributed by atoms with van der Waals surface area (Å²) < 4.78 is 1.81. The molecule has 0 aromatic carbocycles. The lowest BCUT2D eigenvalue weighted by Gasteiger charge is -2.25. The molecule has 0 aliphatic carbocycles. The smallest absolute Gasteiger partial charge is 0.354 e. The van der Waals surface area contributed by atoms with Crippen molar-refractivity contribution in [1.29, 1.82) is 0 Å². The van der Waals surface area contributed by atoms with E-state index in [9.17, 15) is 4.79 Å². The van der Waals surface area contributed by atoms with Gasteiger partial charge in [0.15, 0.2) is 5.69 Å². The Morgan fingerprint density at radius 2 is 2.12 bits per heavy atom. The molecule has 0 fully saturated rings. The van der Waals surface area contributed by atoms with Crippen LogP contribution < -0.4 is 0 Å². The molecule has 0 amide bonds. The lowest BCUT2D eigenvalue weighted by molar-refractivity contribution is 0.0691. The molecular weight excluding hydrogens is 242 g/mol. The van der Waals surface area contributed by atoms with Crippen LogP contribution in [-0.4, -0.2) is 25.6 Å². The van der Waals surface area contributed by atoms with Crippen LogP contribution in [0, 0.1) is 0 Å². The van der Waals surface area contributed by atoms with Gasteiger partial charge in [-0.15, -0.1) is 0 Å². The average Bonchev–Trinajstić information content (AvgIpc) is 2.61. The molecule has 0 aromatic rings. The van der Waals surface area contributed by atoms with E-state index in [1.165, 1.54) is 6.07 Å². The molecule has 0 spiro atoms. The Kier molecular flexibility index (Phi) is 2.58. The van der Waals surface area contributed by atoms with Crippen molar-refractivity contribution in [3.8, 4) is 11.4 Å². The molecule has 0 unspecified atom stereocenters. The summed E-state index contributed by atoms with van der Waals surface area (Å²) >= 11 is 5.94. The highest BCUT2D eigenvalue weighted by molar-refractivity contribution is 6.32. The van der Waals surface area contributed by atoms with Crippen molar-refractivity contribution in [2.45, 2.75) is 26.3 Å². The molecule has 0 bridgehead atoms. The number of fused-ring (bicyclic) bond motifs is 1. The van der Waals surface area contributed by atoms with Gasteiger partial charge in [-0.05, 0) is 26.8 Å². The summed E-state index contributed by atoms with van der Waals surface area (Å²) in [5, 5.41) is 9.20. The molecule has 0 saturated heterocycles. The van der Waals surface area contributed by atoms with E-state index < -0.39 is 5.97 Å². The summed E-state index contributed by atoms with van der Waals surface area (Å²) in [6, 6.07) is 1.44. The van der Waals surface area contributed by atoms with Crippen LogP contribution >= 0.6 is 11.6 Å². The Labute approximate surface area is 103 Å². The number of rotatable bonds is 1. The number of carboxylic acids is 1. The standard InChI is InChI=1S/C11H12ClN3O2/c1-11(2,3)15-5-13-8(12)6-4-7(10(16)17)14-9(6)15/h4-5H,1-3H3,(H,16,17). The number of aromatic nitrogens is 3. The van der Waals surface area contributed by atoms with Gasteiger partial charge in [0.1, 0.15) is 11.0 Å². The van der Waals surface area contributed by atoms with Crippen LogP contribution in [0.2, 0.25) is 5.15 Å².